The van der Waals surface area contributed by atoms with Crippen LogP contribution in [0.15, 0.2) is 40.9 Å². The second-order valence-corrected chi connectivity index (χ2v) is 5.96. The summed E-state index contributed by atoms with van der Waals surface area (Å²) in [6.07, 6.45) is 1.96. The number of nitrogens with one attached hydrogen (secondary N) is 1. The number of aromatic hydroxyl groups is 1. The summed E-state index contributed by atoms with van der Waals surface area (Å²) in [4.78, 5) is 0. The van der Waals surface area contributed by atoms with Gasteiger partial charge in [-0.05, 0) is 54.7 Å². The Kier molecular flexibility index (Phi) is 3.23. The second kappa shape index (κ2) is 4.89. The van der Waals surface area contributed by atoms with E-state index < -0.39 is 0 Å². The Labute approximate surface area is 121 Å². The number of phenols is 1. The molecule has 19 heavy (non-hydrogen) atoms. The van der Waals surface area contributed by atoms with E-state index in [2.05, 4.69) is 52.4 Å². The molecule has 2 aromatic rings. The van der Waals surface area contributed by atoms with Crippen LogP contribution in [0, 0.1) is 6.92 Å². The maximum absolute atomic E-state index is 9.88. The molecule has 2 N–H and O–H groups in total. The van der Waals surface area contributed by atoms with Crippen LogP contribution in [0.25, 0.3) is 0 Å². The highest BCUT2D eigenvalue weighted by Crippen LogP contribution is 2.38. The van der Waals surface area contributed by atoms with Crippen LogP contribution < -0.4 is 5.32 Å². The number of fused-ring (bicyclic) bond motifs is 1. The predicted molar refractivity (Wildman–Crippen MR) is 81.7 cm³/mol. The average Bonchev–Trinajstić information content (AvgIpc) is 2.79. The summed E-state index contributed by atoms with van der Waals surface area (Å²) in [5, 5.41) is 13.5. The first-order valence-electron chi connectivity index (χ1n) is 6.48. The van der Waals surface area contributed by atoms with Gasteiger partial charge >= 0.3 is 0 Å². The van der Waals surface area contributed by atoms with Crippen molar-refractivity contribution in [3.8, 4) is 5.75 Å². The van der Waals surface area contributed by atoms with Gasteiger partial charge in [-0.2, -0.15) is 0 Å². The third-order valence-corrected chi connectivity index (χ3v) is 4.27. The molecule has 3 rings (SSSR count). The summed E-state index contributed by atoms with van der Waals surface area (Å²) in [6.45, 7) is 2.10. The number of anilines is 1. The molecule has 1 unspecified atom stereocenters. The Hall–Kier alpha value is -1.48. The first-order chi connectivity index (χ1) is 9.15. The molecule has 0 bridgehead atoms. The van der Waals surface area contributed by atoms with E-state index in [1.807, 2.05) is 6.07 Å². The predicted octanol–water partition coefficient (Wildman–Crippen LogP) is 4.56. The van der Waals surface area contributed by atoms with Gasteiger partial charge in [0, 0.05) is 10.2 Å². The molecule has 1 aliphatic carbocycles. The van der Waals surface area contributed by atoms with Crippen molar-refractivity contribution >= 4 is 21.6 Å². The summed E-state index contributed by atoms with van der Waals surface area (Å²) in [5.74, 6) is 0.424. The summed E-state index contributed by atoms with van der Waals surface area (Å²) in [7, 11) is 0. The average molecular weight is 318 g/mol. The number of aryl methyl sites for hydroxylation is 1. The summed E-state index contributed by atoms with van der Waals surface area (Å²) >= 11 is 3.51. The molecule has 98 valence electrons. The number of hydrogen-bond donors (Lipinski definition) is 2. The van der Waals surface area contributed by atoms with Gasteiger partial charge in [0.1, 0.15) is 5.75 Å². The van der Waals surface area contributed by atoms with E-state index in [1.165, 1.54) is 11.1 Å². The van der Waals surface area contributed by atoms with Crippen molar-refractivity contribution in [2.45, 2.75) is 25.8 Å². The fourth-order valence-corrected chi connectivity index (χ4v) is 3.08. The molecule has 0 radical (unpaired) electrons. The molecular weight excluding hydrogens is 302 g/mol. The minimum absolute atomic E-state index is 0.287. The summed E-state index contributed by atoms with van der Waals surface area (Å²) in [6, 6.07) is 12.3. The third kappa shape index (κ3) is 2.35. The van der Waals surface area contributed by atoms with Crippen LogP contribution in [0.5, 0.6) is 5.75 Å². The normalized spacial score (nSPS) is 17.3. The van der Waals surface area contributed by atoms with Crippen molar-refractivity contribution in [3.05, 3.63) is 57.6 Å². The lowest BCUT2D eigenvalue weighted by molar-refractivity contribution is 0.469. The molecule has 0 fully saturated rings. The SMILES string of the molecule is Cc1ccc(Br)cc1NC1CCc2c(O)cccc21. The summed E-state index contributed by atoms with van der Waals surface area (Å²) < 4.78 is 1.08. The molecule has 0 saturated carbocycles. The maximum atomic E-state index is 9.88. The molecule has 3 heteroatoms. The fraction of sp³-hybridized carbons (Fsp3) is 0.250. The van der Waals surface area contributed by atoms with E-state index in [0.29, 0.717) is 5.75 Å². The number of benzene rings is 2. The van der Waals surface area contributed by atoms with Gasteiger partial charge < -0.3 is 10.4 Å². The molecule has 0 heterocycles. The van der Waals surface area contributed by atoms with E-state index in [1.54, 1.807) is 6.07 Å². The van der Waals surface area contributed by atoms with Crippen molar-refractivity contribution < 1.29 is 5.11 Å². The van der Waals surface area contributed by atoms with Gasteiger partial charge in [0.05, 0.1) is 6.04 Å². The Morgan fingerprint density at radius 3 is 2.95 bits per heavy atom. The standard InChI is InChI=1S/C16H16BrNO/c1-10-5-6-11(17)9-15(10)18-14-8-7-13-12(14)3-2-4-16(13)19/h2-6,9,14,18-19H,7-8H2,1H3. The third-order valence-electron chi connectivity index (χ3n) is 3.78. The smallest absolute Gasteiger partial charge is 0.119 e. The van der Waals surface area contributed by atoms with Crippen molar-refractivity contribution in [1.29, 1.82) is 0 Å². The lowest BCUT2D eigenvalue weighted by Gasteiger charge is -2.17. The zero-order chi connectivity index (χ0) is 13.4. The van der Waals surface area contributed by atoms with Crippen LogP contribution in [-0.4, -0.2) is 5.11 Å². The number of hydrogen-bond acceptors (Lipinski definition) is 2. The quantitative estimate of drug-likeness (QED) is 0.850. The van der Waals surface area contributed by atoms with Gasteiger partial charge in [-0.3, -0.25) is 0 Å². The second-order valence-electron chi connectivity index (χ2n) is 5.04. The van der Waals surface area contributed by atoms with Gasteiger partial charge in [-0.1, -0.05) is 34.1 Å². The van der Waals surface area contributed by atoms with Gasteiger partial charge in [0.25, 0.3) is 0 Å². The largest absolute Gasteiger partial charge is 0.508 e. The molecule has 1 atom stereocenters. The number of phenolic OH excluding ortho intramolecular Hbond substituents is 1. The summed E-state index contributed by atoms with van der Waals surface area (Å²) in [5.41, 5.74) is 4.69. The van der Waals surface area contributed by atoms with Crippen LogP contribution in [-0.2, 0) is 6.42 Å². The molecule has 2 aromatic carbocycles. The van der Waals surface area contributed by atoms with Crippen molar-refractivity contribution in [1.82, 2.24) is 0 Å². The molecule has 0 amide bonds. The zero-order valence-electron chi connectivity index (χ0n) is 10.8. The molecule has 0 spiro atoms. The van der Waals surface area contributed by atoms with Crippen molar-refractivity contribution in [2.75, 3.05) is 5.32 Å². The Morgan fingerprint density at radius 2 is 2.11 bits per heavy atom. The topological polar surface area (TPSA) is 32.3 Å². The number of halogens is 1. The maximum Gasteiger partial charge on any atom is 0.119 e. The van der Waals surface area contributed by atoms with E-state index in [0.717, 1.165) is 28.6 Å². The lowest BCUT2D eigenvalue weighted by atomic mass is 10.1. The first-order valence-corrected chi connectivity index (χ1v) is 7.28. The molecule has 2 nitrogen and oxygen atoms in total. The minimum Gasteiger partial charge on any atom is -0.508 e. The molecule has 1 aliphatic rings. The number of rotatable bonds is 2. The monoisotopic (exact) mass is 317 g/mol. The molecule has 0 saturated heterocycles. The van der Waals surface area contributed by atoms with Gasteiger partial charge in [0.15, 0.2) is 0 Å². The highest BCUT2D eigenvalue weighted by Gasteiger charge is 2.24. The van der Waals surface area contributed by atoms with Crippen LogP contribution in [0.2, 0.25) is 0 Å². The molecular formula is C16H16BrNO. The van der Waals surface area contributed by atoms with E-state index in [4.69, 9.17) is 0 Å². The van der Waals surface area contributed by atoms with E-state index in [9.17, 15) is 5.11 Å². The highest BCUT2D eigenvalue weighted by atomic mass is 79.9. The van der Waals surface area contributed by atoms with Crippen LogP contribution in [0.4, 0.5) is 5.69 Å². The molecule has 0 aliphatic heterocycles. The van der Waals surface area contributed by atoms with Gasteiger partial charge in [-0.15, -0.1) is 0 Å². The molecule has 0 aromatic heterocycles. The van der Waals surface area contributed by atoms with E-state index in [-0.39, 0.29) is 6.04 Å². The van der Waals surface area contributed by atoms with Crippen LogP contribution in [0.3, 0.4) is 0 Å². The zero-order valence-corrected chi connectivity index (χ0v) is 12.4. The van der Waals surface area contributed by atoms with Crippen molar-refractivity contribution in [2.24, 2.45) is 0 Å². The van der Waals surface area contributed by atoms with Gasteiger partial charge in [0.2, 0.25) is 0 Å². The minimum atomic E-state index is 0.287. The van der Waals surface area contributed by atoms with Crippen molar-refractivity contribution in [3.63, 3.8) is 0 Å². The Balaban J connectivity index is 1.91. The Morgan fingerprint density at radius 1 is 1.26 bits per heavy atom. The van der Waals surface area contributed by atoms with E-state index >= 15 is 0 Å². The van der Waals surface area contributed by atoms with Crippen LogP contribution >= 0.6 is 15.9 Å². The fourth-order valence-electron chi connectivity index (χ4n) is 2.72. The Bertz CT molecular complexity index is 624. The lowest BCUT2D eigenvalue weighted by Crippen LogP contribution is -2.08. The highest BCUT2D eigenvalue weighted by molar-refractivity contribution is 9.10. The van der Waals surface area contributed by atoms with Gasteiger partial charge in [-0.25, -0.2) is 0 Å². The van der Waals surface area contributed by atoms with Crippen LogP contribution in [0.1, 0.15) is 29.2 Å². The first kappa shape index (κ1) is 12.5.